The Hall–Kier alpha value is -2.79. The molecule has 1 aromatic heterocycles. The normalized spacial score (nSPS) is 14.4. The number of rotatable bonds is 8. The summed E-state index contributed by atoms with van der Waals surface area (Å²) in [5.41, 5.74) is 3.19. The van der Waals surface area contributed by atoms with Crippen LogP contribution in [0.5, 0.6) is 11.5 Å². The third-order valence-electron chi connectivity index (χ3n) is 5.68. The van der Waals surface area contributed by atoms with E-state index in [4.69, 9.17) is 14.0 Å². The average Bonchev–Trinajstić information content (AvgIpc) is 3.38. The lowest BCUT2D eigenvalue weighted by Crippen LogP contribution is -2.52. The molecule has 0 amide bonds. The zero-order valence-corrected chi connectivity index (χ0v) is 22.0. The number of piperazine rings is 1. The van der Waals surface area contributed by atoms with Gasteiger partial charge in [-0.15, -0.1) is 24.0 Å². The van der Waals surface area contributed by atoms with Gasteiger partial charge in [-0.05, 0) is 23.3 Å². The van der Waals surface area contributed by atoms with Gasteiger partial charge in [-0.2, -0.15) is 0 Å². The molecule has 0 radical (unpaired) electrons. The first kappa shape index (κ1) is 25.8. The molecule has 0 atom stereocenters. The SMILES string of the molecule is CN=C(NCc1ccc(OCc2ccccc2)c(OC)c1)N1CCN(Cc2ccon2)CC1.I. The fourth-order valence-corrected chi connectivity index (χ4v) is 3.86. The van der Waals surface area contributed by atoms with Crippen LogP contribution >= 0.6 is 24.0 Å². The van der Waals surface area contributed by atoms with Gasteiger partial charge in [0, 0.05) is 52.4 Å². The first-order valence-corrected chi connectivity index (χ1v) is 11.2. The lowest BCUT2D eigenvalue weighted by molar-refractivity contribution is 0.169. The van der Waals surface area contributed by atoms with Crippen LogP contribution in [0.1, 0.15) is 16.8 Å². The van der Waals surface area contributed by atoms with Crippen molar-refractivity contribution in [3.05, 3.63) is 77.7 Å². The van der Waals surface area contributed by atoms with Crippen molar-refractivity contribution in [1.82, 2.24) is 20.3 Å². The quantitative estimate of drug-likeness (QED) is 0.248. The number of nitrogens with zero attached hydrogens (tertiary/aromatic N) is 4. The molecule has 1 fully saturated rings. The van der Waals surface area contributed by atoms with E-state index in [0.717, 1.165) is 67.0 Å². The molecule has 182 valence electrons. The molecule has 0 spiro atoms. The van der Waals surface area contributed by atoms with E-state index in [1.807, 2.05) is 55.6 Å². The van der Waals surface area contributed by atoms with Crippen molar-refractivity contribution >= 4 is 29.9 Å². The molecular weight excluding hydrogens is 545 g/mol. The minimum absolute atomic E-state index is 0. The van der Waals surface area contributed by atoms with Gasteiger partial charge in [0.25, 0.3) is 0 Å². The van der Waals surface area contributed by atoms with E-state index in [2.05, 4.69) is 31.3 Å². The highest BCUT2D eigenvalue weighted by molar-refractivity contribution is 14.0. The molecule has 0 aliphatic carbocycles. The second kappa shape index (κ2) is 13.2. The first-order chi connectivity index (χ1) is 16.2. The number of benzene rings is 2. The Labute approximate surface area is 217 Å². The van der Waals surface area contributed by atoms with E-state index in [9.17, 15) is 0 Å². The molecule has 2 aromatic carbocycles. The molecule has 0 saturated carbocycles. The monoisotopic (exact) mass is 577 g/mol. The Morgan fingerprint density at radius 1 is 1.03 bits per heavy atom. The molecule has 4 rings (SSSR count). The van der Waals surface area contributed by atoms with Crippen molar-refractivity contribution in [1.29, 1.82) is 0 Å². The van der Waals surface area contributed by atoms with Crippen LogP contribution < -0.4 is 14.8 Å². The highest BCUT2D eigenvalue weighted by Gasteiger charge is 2.20. The summed E-state index contributed by atoms with van der Waals surface area (Å²) >= 11 is 0. The van der Waals surface area contributed by atoms with Crippen LogP contribution in [0.15, 0.2) is 70.4 Å². The maximum Gasteiger partial charge on any atom is 0.194 e. The van der Waals surface area contributed by atoms with Gasteiger partial charge >= 0.3 is 0 Å². The smallest absolute Gasteiger partial charge is 0.194 e. The highest BCUT2D eigenvalue weighted by Crippen LogP contribution is 2.29. The summed E-state index contributed by atoms with van der Waals surface area (Å²) in [7, 11) is 3.49. The molecule has 9 heteroatoms. The highest BCUT2D eigenvalue weighted by atomic mass is 127. The van der Waals surface area contributed by atoms with E-state index in [0.29, 0.717) is 13.2 Å². The summed E-state index contributed by atoms with van der Waals surface area (Å²) in [5, 5.41) is 7.48. The molecule has 2 heterocycles. The summed E-state index contributed by atoms with van der Waals surface area (Å²) in [6, 6.07) is 18.1. The molecule has 1 aliphatic heterocycles. The third-order valence-corrected chi connectivity index (χ3v) is 5.68. The van der Waals surface area contributed by atoms with Crippen LogP contribution in [0, 0.1) is 0 Å². The van der Waals surface area contributed by atoms with Gasteiger partial charge in [0.05, 0.1) is 12.8 Å². The van der Waals surface area contributed by atoms with E-state index < -0.39 is 0 Å². The van der Waals surface area contributed by atoms with Gasteiger partial charge in [0.2, 0.25) is 0 Å². The van der Waals surface area contributed by atoms with Gasteiger partial charge in [0.1, 0.15) is 12.9 Å². The molecule has 1 aliphatic rings. The minimum Gasteiger partial charge on any atom is -0.493 e. The van der Waals surface area contributed by atoms with Crippen LogP contribution in [-0.2, 0) is 19.7 Å². The molecule has 1 N–H and O–H groups in total. The third kappa shape index (κ3) is 7.10. The number of nitrogens with one attached hydrogen (secondary N) is 1. The van der Waals surface area contributed by atoms with E-state index in [1.165, 1.54) is 0 Å². The van der Waals surface area contributed by atoms with Gasteiger partial charge in [-0.1, -0.05) is 41.6 Å². The average molecular weight is 577 g/mol. The van der Waals surface area contributed by atoms with Crippen LogP contribution in [0.3, 0.4) is 0 Å². The Kier molecular flexibility index (Phi) is 10.0. The largest absolute Gasteiger partial charge is 0.493 e. The first-order valence-electron chi connectivity index (χ1n) is 11.2. The summed E-state index contributed by atoms with van der Waals surface area (Å²) in [4.78, 5) is 9.14. The predicted molar refractivity (Wildman–Crippen MR) is 143 cm³/mol. The molecule has 3 aromatic rings. The number of halogens is 1. The fraction of sp³-hybridized carbons (Fsp3) is 0.360. The Morgan fingerprint density at radius 3 is 2.50 bits per heavy atom. The zero-order chi connectivity index (χ0) is 22.9. The van der Waals surface area contributed by atoms with Crippen molar-refractivity contribution in [2.75, 3.05) is 40.3 Å². The molecular formula is C25H32IN5O3. The van der Waals surface area contributed by atoms with Crippen molar-refractivity contribution in [2.45, 2.75) is 19.7 Å². The number of aliphatic imine (C=N–C) groups is 1. The summed E-state index contributed by atoms with van der Waals surface area (Å²) in [6.07, 6.45) is 1.62. The van der Waals surface area contributed by atoms with Crippen molar-refractivity contribution in [3.63, 3.8) is 0 Å². The minimum atomic E-state index is 0. The van der Waals surface area contributed by atoms with Crippen molar-refractivity contribution in [3.8, 4) is 11.5 Å². The van der Waals surface area contributed by atoms with Gasteiger partial charge in [-0.25, -0.2) is 0 Å². The molecule has 8 nitrogen and oxygen atoms in total. The molecule has 1 saturated heterocycles. The molecule has 0 unspecified atom stereocenters. The Balaban J connectivity index is 0.00000324. The lowest BCUT2D eigenvalue weighted by Gasteiger charge is -2.36. The number of ether oxygens (including phenoxy) is 2. The topological polar surface area (TPSA) is 75.4 Å². The second-order valence-corrected chi connectivity index (χ2v) is 7.91. The van der Waals surface area contributed by atoms with Gasteiger partial charge in [-0.3, -0.25) is 9.89 Å². The number of hydrogen-bond acceptors (Lipinski definition) is 6. The number of hydrogen-bond donors (Lipinski definition) is 1. The standard InChI is InChI=1S/C25H31N5O3.HI/c1-26-25(30-13-11-29(12-14-30)18-22-10-15-33-28-22)27-17-21-8-9-23(24(16-21)31-2)32-19-20-6-4-3-5-7-20;/h3-10,15-16H,11-14,17-19H2,1-2H3,(H,26,27);1H. The van der Waals surface area contributed by atoms with Crippen LogP contribution in [0.2, 0.25) is 0 Å². The number of methoxy groups -OCH3 is 1. The maximum absolute atomic E-state index is 5.97. The fourth-order valence-electron chi connectivity index (χ4n) is 3.86. The summed E-state index contributed by atoms with van der Waals surface area (Å²) in [5.74, 6) is 2.36. The Bertz CT molecular complexity index is 1020. The zero-order valence-electron chi connectivity index (χ0n) is 19.6. The molecule has 0 bridgehead atoms. The number of aromatic nitrogens is 1. The van der Waals surface area contributed by atoms with Gasteiger partial charge in [0.15, 0.2) is 17.5 Å². The molecule has 34 heavy (non-hydrogen) atoms. The lowest BCUT2D eigenvalue weighted by atomic mass is 10.2. The van der Waals surface area contributed by atoms with Crippen LogP contribution in [0.25, 0.3) is 0 Å². The van der Waals surface area contributed by atoms with Crippen molar-refractivity contribution in [2.24, 2.45) is 4.99 Å². The van der Waals surface area contributed by atoms with Crippen LogP contribution in [0.4, 0.5) is 0 Å². The van der Waals surface area contributed by atoms with Gasteiger partial charge < -0.3 is 24.2 Å². The van der Waals surface area contributed by atoms with E-state index in [-0.39, 0.29) is 24.0 Å². The second-order valence-electron chi connectivity index (χ2n) is 7.91. The Morgan fingerprint density at radius 2 is 1.82 bits per heavy atom. The van der Waals surface area contributed by atoms with Crippen LogP contribution in [-0.4, -0.2) is 61.3 Å². The van der Waals surface area contributed by atoms with E-state index >= 15 is 0 Å². The predicted octanol–water partition coefficient (Wildman–Crippen LogP) is 3.77. The summed E-state index contributed by atoms with van der Waals surface area (Å²) in [6.45, 7) is 5.70. The number of guanidine groups is 1. The maximum atomic E-state index is 5.97. The van der Waals surface area contributed by atoms with E-state index in [1.54, 1.807) is 13.4 Å². The summed E-state index contributed by atoms with van der Waals surface area (Å²) < 4.78 is 16.5. The van der Waals surface area contributed by atoms with Crippen molar-refractivity contribution < 1.29 is 14.0 Å².